The van der Waals surface area contributed by atoms with Gasteiger partial charge >= 0.3 is 0 Å². The van der Waals surface area contributed by atoms with Crippen molar-refractivity contribution in [3.63, 3.8) is 0 Å². The fourth-order valence-electron chi connectivity index (χ4n) is 2.87. The average Bonchev–Trinajstić information content (AvgIpc) is 2.52. The van der Waals surface area contributed by atoms with Crippen LogP contribution in [0.4, 0.5) is 0 Å². The largest absolute Gasteiger partial charge is 0.389 e. The second-order valence-corrected chi connectivity index (χ2v) is 6.75. The van der Waals surface area contributed by atoms with Gasteiger partial charge in [0.2, 0.25) is 0 Å². The first kappa shape index (κ1) is 21.3. The van der Waals surface area contributed by atoms with Crippen LogP contribution in [0.1, 0.15) is 97.3 Å². The molecule has 0 aromatic heterocycles. The molecule has 0 fully saturated rings. The fourth-order valence-corrected chi connectivity index (χ4v) is 2.87. The molecule has 0 aliphatic heterocycles. The van der Waals surface area contributed by atoms with Crippen molar-refractivity contribution in [2.24, 2.45) is 5.92 Å². The molecule has 1 heteroatoms. The van der Waals surface area contributed by atoms with E-state index in [-0.39, 0.29) is 6.10 Å². The van der Waals surface area contributed by atoms with Gasteiger partial charge in [-0.05, 0) is 24.5 Å². The Kier molecular flexibility index (Phi) is 16.1. The lowest BCUT2D eigenvalue weighted by molar-refractivity contribution is 0.208. The Bertz CT molecular complexity index is 287. The molecule has 0 amide bonds. The van der Waals surface area contributed by atoms with Gasteiger partial charge in [-0.15, -0.1) is 6.42 Å². The number of terminal acetylenes is 1. The third-order valence-electron chi connectivity index (χ3n) is 4.41. The Hall–Kier alpha value is -0.740. The van der Waals surface area contributed by atoms with Gasteiger partial charge in [0.25, 0.3) is 0 Å². The van der Waals surface area contributed by atoms with Crippen molar-refractivity contribution < 1.29 is 5.11 Å². The molecule has 0 aliphatic carbocycles. The molecule has 2 unspecified atom stereocenters. The predicted molar refractivity (Wildman–Crippen MR) is 98.8 cm³/mol. The maximum atomic E-state index is 9.60. The van der Waals surface area contributed by atoms with Crippen molar-refractivity contribution >= 4 is 0 Å². The fraction of sp³-hybridized carbons (Fsp3) is 0.810. The van der Waals surface area contributed by atoms with Crippen molar-refractivity contribution in [3.05, 3.63) is 12.2 Å². The summed E-state index contributed by atoms with van der Waals surface area (Å²) in [5, 5.41) is 9.60. The topological polar surface area (TPSA) is 20.2 Å². The van der Waals surface area contributed by atoms with E-state index in [1.807, 2.05) is 0 Å². The molecule has 0 rings (SSSR count). The van der Waals surface area contributed by atoms with Crippen LogP contribution in [-0.4, -0.2) is 11.2 Å². The summed E-state index contributed by atoms with van der Waals surface area (Å²) in [4.78, 5) is 0. The van der Waals surface area contributed by atoms with Crippen molar-refractivity contribution in [2.75, 3.05) is 0 Å². The van der Waals surface area contributed by atoms with Crippen LogP contribution in [0.3, 0.4) is 0 Å². The monoisotopic (exact) mass is 306 g/mol. The van der Waals surface area contributed by atoms with Gasteiger partial charge in [-0.2, -0.15) is 0 Å². The third kappa shape index (κ3) is 15.6. The van der Waals surface area contributed by atoms with Crippen molar-refractivity contribution in [1.29, 1.82) is 0 Å². The second kappa shape index (κ2) is 16.6. The number of hydrogen-bond acceptors (Lipinski definition) is 1. The van der Waals surface area contributed by atoms with Crippen LogP contribution in [0, 0.1) is 18.3 Å². The van der Waals surface area contributed by atoms with Crippen LogP contribution in [0.5, 0.6) is 0 Å². The molecule has 0 saturated carbocycles. The summed E-state index contributed by atoms with van der Waals surface area (Å²) in [5.74, 6) is 3.34. The van der Waals surface area contributed by atoms with Crippen LogP contribution in [0.15, 0.2) is 12.2 Å². The highest BCUT2D eigenvalue weighted by atomic mass is 16.3. The van der Waals surface area contributed by atoms with E-state index in [0.717, 1.165) is 18.8 Å². The standard InChI is InChI=1S/C21H38O/c1-4-6-16-20(3)17-14-12-10-8-9-11-13-15-19-21(22)18-7-5-2/h2,7,18,20-22H,4,6,8-17,19H2,1,3H3. The second-order valence-electron chi connectivity index (χ2n) is 6.75. The number of hydrogen-bond donors (Lipinski definition) is 1. The Labute approximate surface area is 139 Å². The van der Waals surface area contributed by atoms with Gasteiger partial charge in [0.15, 0.2) is 0 Å². The Morgan fingerprint density at radius 2 is 1.36 bits per heavy atom. The molecule has 0 saturated heterocycles. The highest BCUT2D eigenvalue weighted by Gasteiger charge is 2.01. The quantitative estimate of drug-likeness (QED) is 0.279. The van der Waals surface area contributed by atoms with Crippen LogP contribution < -0.4 is 0 Å². The van der Waals surface area contributed by atoms with Crippen LogP contribution in [-0.2, 0) is 0 Å². The summed E-state index contributed by atoms with van der Waals surface area (Å²) >= 11 is 0. The molecular formula is C21H38O. The predicted octanol–water partition coefficient (Wildman–Crippen LogP) is 6.26. The lowest BCUT2D eigenvalue weighted by Gasteiger charge is -2.10. The zero-order valence-corrected chi connectivity index (χ0v) is 15.0. The zero-order chi connectivity index (χ0) is 16.5. The summed E-state index contributed by atoms with van der Waals surface area (Å²) in [7, 11) is 0. The molecule has 0 bridgehead atoms. The van der Waals surface area contributed by atoms with Gasteiger partial charge in [-0.1, -0.05) is 96.8 Å². The van der Waals surface area contributed by atoms with E-state index in [4.69, 9.17) is 6.42 Å². The van der Waals surface area contributed by atoms with Crippen molar-refractivity contribution in [1.82, 2.24) is 0 Å². The summed E-state index contributed by atoms with van der Waals surface area (Å²) in [5.41, 5.74) is 0. The van der Waals surface area contributed by atoms with E-state index in [9.17, 15) is 5.11 Å². The molecular weight excluding hydrogens is 268 g/mol. The van der Waals surface area contributed by atoms with Gasteiger partial charge in [0.1, 0.15) is 0 Å². The van der Waals surface area contributed by atoms with Crippen molar-refractivity contribution in [2.45, 2.75) is 103 Å². The van der Waals surface area contributed by atoms with Gasteiger partial charge in [-0.25, -0.2) is 0 Å². The van der Waals surface area contributed by atoms with E-state index in [0.29, 0.717) is 0 Å². The number of allylic oxidation sites excluding steroid dienone is 1. The lowest BCUT2D eigenvalue weighted by atomic mass is 9.97. The number of rotatable bonds is 15. The highest BCUT2D eigenvalue weighted by molar-refractivity contribution is 5.10. The van der Waals surface area contributed by atoms with Gasteiger partial charge in [0.05, 0.1) is 6.10 Å². The van der Waals surface area contributed by atoms with Crippen LogP contribution in [0.25, 0.3) is 0 Å². The normalized spacial score (nSPS) is 14.1. The Morgan fingerprint density at radius 3 is 1.91 bits per heavy atom. The Balaban J connectivity index is 3.21. The van der Waals surface area contributed by atoms with Gasteiger partial charge < -0.3 is 5.11 Å². The molecule has 0 heterocycles. The van der Waals surface area contributed by atoms with E-state index in [2.05, 4.69) is 19.8 Å². The molecule has 1 N–H and O–H groups in total. The molecule has 0 aliphatic rings. The highest BCUT2D eigenvalue weighted by Crippen LogP contribution is 2.17. The van der Waals surface area contributed by atoms with Crippen LogP contribution in [0.2, 0.25) is 0 Å². The molecule has 22 heavy (non-hydrogen) atoms. The molecule has 2 atom stereocenters. The number of aliphatic hydroxyl groups excluding tert-OH is 1. The SMILES string of the molecule is C#CC=CC(O)CCCCCCCCCCC(C)CCCC. The molecule has 0 spiro atoms. The van der Waals surface area contributed by atoms with E-state index >= 15 is 0 Å². The molecule has 0 aromatic rings. The average molecular weight is 307 g/mol. The Morgan fingerprint density at radius 1 is 0.864 bits per heavy atom. The van der Waals surface area contributed by atoms with Gasteiger partial charge in [-0.3, -0.25) is 0 Å². The van der Waals surface area contributed by atoms with E-state index in [1.165, 1.54) is 70.6 Å². The first-order valence-corrected chi connectivity index (χ1v) is 9.51. The minimum absolute atomic E-state index is 0.356. The summed E-state index contributed by atoms with van der Waals surface area (Å²) in [6, 6.07) is 0. The van der Waals surface area contributed by atoms with E-state index < -0.39 is 0 Å². The maximum absolute atomic E-state index is 9.60. The first-order valence-electron chi connectivity index (χ1n) is 9.51. The number of unbranched alkanes of at least 4 members (excludes halogenated alkanes) is 8. The molecule has 0 radical (unpaired) electrons. The summed E-state index contributed by atoms with van der Waals surface area (Å²) in [6.45, 7) is 4.68. The lowest BCUT2D eigenvalue weighted by Crippen LogP contribution is -2.01. The smallest absolute Gasteiger partial charge is 0.0730 e. The van der Waals surface area contributed by atoms with Crippen LogP contribution >= 0.6 is 0 Å². The van der Waals surface area contributed by atoms with E-state index in [1.54, 1.807) is 12.2 Å². The first-order chi connectivity index (χ1) is 10.7. The molecule has 1 nitrogen and oxygen atoms in total. The minimum Gasteiger partial charge on any atom is -0.389 e. The van der Waals surface area contributed by atoms with Gasteiger partial charge in [0, 0.05) is 0 Å². The minimum atomic E-state index is -0.356. The zero-order valence-electron chi connectivity index (χ0n) is 15.0. The third-order valence-corrected chi connectivity index (χ3v) is 4.41. The summed E-state index contributed by atoms with van der Waals surface area (Å²) < 4.78 is 0. The molecule has 128 valence electrons. The molecule has 0 aromatic carbocycles. The number of aliphatic hydroxyl groups is 1. The maximum Gasteiger partial charge on any atom is 0.0730 e. The van der Waals surface area contributed by atoms with Crippen molar-refractivity contribution in [3.8, 4) is 12.3 Å². The summed E-state index contributed by atoms with van der Waals surface area (Å²) in [6.07, 6.45) is 25.0.